The van der Waals surface area contributed by atoms with E-state index in [4.69, 9.17) is 11.5 Å². The predicted octanol–water partition coefficient (Wildman–Crippen LogP) is 0.494. The fourth-order valence-electron chi connectivity index (χ4n) is 1.11. The van der Waals surface area contributed by atoms with E-state index >= 15 is 0 Å². The van der Waals surface area contributed by atoms with Crippen molar-refractivity contribution < 1.29 is 4.48 Å². The zero-order valence-corrected chi connectivity index (χ0v) is 6.94. The minimum atomic E-state index is -0.101. The first-order valence-electron chi connectivity index (χ1n) is 4.01. The molecular formula is C7H10FN5. The summed E-state index contributed by atoms with van der Waals surface area (Å²) in [5, 5.41) is 0.560. The van der Waals surface area contributed by atoms with Crippen LogP contribution in [0.4, 0.5) is 21.8 Å². The molecule has 1 saturated carbocycles. The first-order valence-corrected chi connectivity index (χ1v) is 4.01. The Labute approximate surface area is 74.5 Å². The second-order valence-electron chi connectivity index (χ2n) is 3.04. The van der Waals surface area contributed by atoms with Gasteiger partial charge in [0.05, 0.1) is 6.04 Å². The smallest absolute Gasteiger partial charge is 0.155 e. The molecule has 1 aromatic rings. The highest BCUT2D eigenvalue weighted by Crippen LogP contribution is 2.36. The first-order chi connectivity index (χ1) is 6.20. The third kappa shape index (κ3) is 1.34. The molecular weight excluding hydrogens is 173 g/mol. The molecule has 1 heterocycles. The Morgan fingerprint density at radius 1 is 1.31 bits per heavy atom. The van der Waals surface area contributed by atoms with Gasteiger partial charge in [-0.3, -0.25) is 0 Å². The lowest BCUT2D eigenvalue weighted by Gasteiger charge is -2.15. The fraction of sp³-hybridized carbons (Fsp3) is 0.429. The van der Waals surface area contributed by atoms with Gasteiger partial charge in [0.25, 0.3) is 0 Å². The van der Waals surface area contributed by atoms with Crippen LogP contribution in [0.15, 0.2) is 6.33 Å². The maximum Gasteiger partial charge on any atom is 0.155 e. The minimum absolute atomic E-state index is 0.0851. The van der Waals surface area contributed by atoms with E-state index < -0.39 is 0 Å². The maximum absolute atomic E-state index is 13.4. The molecule has 1 fully saturated rings. The summed E-state index contributed by atoms with van der Waals surface area (Å²) in [5.41, 5.74) is 11.1. The number of anilines is 3. The molecule has 0 unspecified atom stereocenters. The number of nitrogen functional groups attached to an aromatic ring is 2. The third-order valence-electron chi connectivity index (χ3n) is 1.96. The topological polar surface area (TPSA) is 81.1 Å². The van der Waals surface area contributed by atoms with Gasteiger partial charge in [-0.25, -0.2) is 15.1 Å². The Morgan fingerprint density at radius 2 is 1.85 bits per heavy atom. The summed E-state index contributed by atoms with van der Waals surface area (Å²) in [5.74, 6) is 0.170. The number of aromatic nitrogens is 2. The summed E-state index contributed by atoms with van der Waals surface area (Å²) >= 11 is 0. The molecule has 0 amide bonds. The van der Waals surface area contributed by atoms with Crippen LogP contribution in [0.3, 0.4) is 0 Å². The van der Waals surface area contributed by atoms with Crippen LogP contribution in [-0.2, 0) is 0 Å². The summed E-state index contributed by atoms with van der Waals surface area (Å²) in [4.78, 5) is 7.35. The van der Waals surface area contributed by atoms with Gasteiger partial charge in [-0.15, -0.1) is 0 Å². The van der Waals surface area contributed by atoms with Crippen molar-refractivity contribution in [3.8, 4) is 0 Å². The van der Waals surface area contributed by atoms with Gasteiger partial charge in [-0.05, 0) is 12.8 Å². The largest absolute Gasteiger partial charge is 0.382 e. The highest BCUT2D eigenvalue weighted by molar-refractivity contribution is 5.74. The van der Waals surface area contributed by atoms with E-state index in [0.29, 0.717) is 5.12 Å². The molecule has 0 saturated heterocycles. The van der Waals surface area contributed by atoms with E-state index in [-0.39, 0.29) is 23.4 Å². The maximum atomic E-state index is 13.4. The van der Waals surface area contributed by atoms with Crippen LogP contribution < -0.4 is 16.6 Å². The molecule has 70 valence electrons. The summed E-state index contributed by atoms with van der Waals surface area (Å²) in [7, 11) is 0. The summed E-state index contributed by atoms with van der Waals surface area (Å²) in [6.07, 6.45) is 2.86. The molecule has 2 rings (SSSR count). The number of hydrogen-bond donors (Lipinski definition) is 2. The predicted molar refractivity (Wildman–Crippen MR) is 47.5 cm³/mol. The van der Waals surface area contributed by atoms with Crippen LogP contribution in [0.2, 0.25) is 0 Å². The number of hydrogen-bond acceptors (Lipinski definition) is 5. The molecule has 1 aliphatic rings. The van der Waals surface area contributed by atoms with Crippen molar-refractivity contribution in [2.45, 2.75) is 18.9 Å². The lowest BCUT2D eigenvalue weighted by atomic mass is 10.4. The van der Waals surface area contributed by atoms with Crippen molar-refractivity contribution in [3.63, 3.8) is 0 Å². The lowest BCUT2D eigenvalue weighted by molar-refractivity contribution is 0.428. The van der Waals surface area contributed by atoms with Gasteiger partial charge in [-0.2, -0.15) is 0 Å². The van der Waals surface area contributed by atoms with Crippen LogP contribution >= 0.6 is 0 Å². The summed E-state index contributed by atoms with van der Waals surface area (Å²) < 4.78 is 13.4. The Hall–Kier alpha value is -1.59. The summed E-state index contributed by atoms with van der Waals surface area (Å²) in [6, 6.07) is -0.101. The van der Waals surface area contributed by atoms with Gasteiger partial charge in [0.2, 0.25) is 0 Å². The highest BCUT2D eigenvalue weighted by Gasteiger charge is 2.32. The number of nitrogens with zero attached hydrogens (tertiary/aromatic N) is 3. The van der Waals surface area contributed by atoms with Crippen molar-refractivity contribution in [1.82, 2.24) is 9.97 Å². The number of rotatable bonds is 2. The SMILES string of the molecule is Nc1ncnc(N)c1N(F)C1CC1. The third-order valence-corrected chi connectivity index (χ3v) is 1.96. The van der Waals surface area contributed by atoms with Crippen LogP contribution in [0.5, 0.6) is 0 Å². The van der Waals surface area contributed by atoms with Crippen LogP contribution in [0.1, 0.15) is 12.8 Å². The van der Waals surface area contributed by atoms with Gasteiger partial charge < -0.3 is 11.5 Å². The molecule has 0 aliphatic heterocycles. The standard InChI is InChI=1S/C7H10FN5/c8-13(4-1-2-4)5-6(9)11-3-12-7(5)10/h3-4H,1-2H2,(H4,9,10,11,12). The van der Waals surface area contributed by atoms with E-state index in [9.17, 15) is 4.48 Å². The fourth-order valence-corrected chi connectivity index (χ4v) is 1.11. The van der Waals surface area contributed by atoms with Gasteiger partial charge in [0, 0.05) is 0 Å². The van der Waals surface area contributed by atoms with Crippen molar-refractivity contribution in [2.75, 3.05) is 16.6 Å². The van der Waals surface area contributed by atoms with Gasteiger partial charge in [0.15, 0.2) is 17.3 Å². The van der Waals surface area contributed by atoms with Crippen molar-refractivity contribution in [1.29, 1.82) is 0 Å². The molecule has 5 nitrogen and oxygen atoms in total. The Kier molecular flexibility index (Phi) is 1.68. The molecule has 0 atom stereocenters. The minimum Gasteiger partial charge on any atom is -0.382 e. The zero-order chi connectivity index (χ0) is 9.42. The average Bonchev–Trinajstić information content (AvgIpc) is 2.85. The quantitative estimate of drug-likeness (QED) is 0.652. The van der Waals surface area contributed by atoms with Crippen molar-refractivity contribution in [3.05, 3.63) is 6.33 Å². The molecule has 0 spiro atoms. The Morgan fingerprint density at radius 3 is 2.31 bits per heavy atom. The molecule has 0 bridgehead atoms. The van der Waals surface area contributed by atoms with Crippen LogP contribution in [0, 0.1) is 0 Å². The lowest BCUT2D eigenvalue weighted by Crippen LogP contribution is -2.18. The van der Waals surface area contributed by atoms with Crippen LogP contribution in [-0.4, -0.2) is 16.0 Å². The van der Waals surface area contributed by atoms with E-state index in [1.807, 2.05) is 0 Å². The second-order valence-corrected chi connectivity index (χ2v) is 3.04. The Bertz CT molecular complexity index is 304. The van der Waals surface area contributed by atoms with Crippen LogP contribution in [0.25, 0.3) is 0 Å². The Balaban J connectivity index is 2.36. The number of halogens is 1. The van der Waals surface area contributed by atoms with E-state index in [1.54, 1.807) is 0 Å². The molecule has 13 heavy (non-hydrogen) atoms. The number of nitrogens with two attached hydrogens (primary N) is 2. The van der Waals surface area contributed by atoms with E-state index in [1.165, 1.54) is 6.33 Å². The normalized spacial score (nSPS) is 15.8. The van der Waals surface area contributed by atoms with Gasteiger partial charge in [0.1, 0.15) is 6.33 Å². The van der Waals surface area contributed by atoms with Crippen molar-refractivity contribution >= 4 is 17.3 Å². The van der Waals surface area contributed by atoms with E-state index in [0.717, 1.165) is 12.8 Å². The molecule has 1 aliphatic carbocycles. The first kappa shape index (κ1) is 8.03. The molecule has 1 aromatic heterocycles. The molecule has 0 aromatic carbocycles. The van der Waals surface area contributed by atoms with Crippen molar-refractivity contribution in [2.24, 2.45) is 0 Å². The monoisotopic (exact) mass is 183 g/mol. The molecule has 0 radical (unpaired) electrons. The highest BCUT2D eigenvalue weighted by atomic mass is 19.2. The zero-order valence-electron chi connectivity index (χ0n) is 6.94. The van der Waals surface area contributed by atoms with Gasteiger partial charge in [-0.1, -0.05) is 4.48 Å². The van der Waals surface area contributed by atoms with Gasteiger partial charge >= 0.3 is 0 Å². The summed E-state index contributed by atoms with van der Waals surface area (Å²) in [6.45, 7) is 0. The molecule has 4 N–H and O–H groups in total. The average molecular weight is 183 g/mol. The second kappa shape index (κ2) is 2.72. The molecule has 6 heteroatoms. The van der Waals surface area contributed by atoms with E-state index in [2.05, 4.69) is 9.97 Å².